The van der Waals surface area contributed by atoms with E-state index in [2.05, 4.69) is 53.4 Å². The van der Waals surface area contributed by atoms with Crippen LogP contribution in [0.2, 0.25) is 0 Å². The van der Waals surface area contributed by atoms with Gasteiger partial charge in [0.25, 0.3) is 0 Å². The first-order chi connectivity index (χ1) is 9.19. The highest BCUT2D eigenvalue weighted by Gasteiger charge is 2.12. The Morgan fingerprint density at radius 3 is 2.58 bits per heavy atom. The van der Waals surface area contributed by atoms with Gasteiger partial charge in [0, 0.05) is 30.2 Å². The maximum Gasteiger partial charge on any atom is 0.197 e. The van der Waals surface area contributed by atoms with Crippen LogP contribution in [0.1, 0.15) is 24.3 Å². The summed E-state index contributed by atoms with van der Waals surface area (Å²) in [6, 6.07) is 11.0. The van der Waals surface area contributed by atoms with Crippen molar-refractivity contribution in [2.75, 3.05) is 5.43 Å². The molecule has 102 valence electrons. The molecule has 2 aromatic rings. The summed E-state index contributed by atoms with van der Waals surface area (Å²) in [4.78, 5) is 7.85. The predicted molar refractivity (Wildman–Crippen MR) is 80.7 cm³/mol. The quantitative estimate of drug-likeness (QED) is 0.629. The molecule has 0 radical (unpaired) electrons. The third-order valence-corrected chi connectivity index (χ3v) is 3.91. The summed E-state index contributed by atoms with van der Waals surface area (Å²) in [6.07, 6.45) is 1.89. The zero-order valence-electron chi connectivity index (χ0n) is 11.3. The molecule has 0 aliphatic rings. The fourth-order valence-corrected chi connectivity index (χ4v) is 2.63. The summed E-state index contributed by atoms with van der Waals surface area (Å²) in [7, 11) is 0. The van der Waals surface area contributed by atoms with Gasteiger partial charge < -0.3 is 0 Å². The van der Waals surface area contributed by atoms with E-state index in [9.17, 15) is 0 Å². The predicted octanol–water partition coefficient (Wildman–Crippen LogP) is 2.84. The third-order valence-electron chi connectivity index (χ3n) is 2.99. The fourth-order valence-electron chi connectivity index (χ4n) is 1.89. The summed E-state index contributed by atoms with van der Waals surface area (Å²) in [5.41, 5.74) is 3.92. The Hall–Kier alpha value is -1.43. The molecule has 0 amide bonds. The number of hydrogen-bond donors (Lipinski definition) is 2. The number of nitrogens with zero attached hydrogens (tertiary/aromatic N) is 2. The zero-order chi connectivity index (χ0) is 13.7. The van der Waals surface area contributed by atoms with Gasteiger partial charge in [0.15, 0.2) is 5.13 Å². The summed E-state index contributed by atoms with van der Waals surface area (Å²) >= 11 is 1.60. The van der Waals surface area contributed by atoms with Crippen LogP contribution in [0.3, 0.4) is 0 Å². The Morgan fingerprint density at radius 1 is 1.26 bits per heavy atom. The third kappa shape index (κ3) is 4.02. The number of nitrogen functional groups attached to an aromatic ring is 1. The lowest BCUT2D eigenvalue weighted by Crippen LogP contribution is -2.29. The van der Waals surface area contributed by atoms with Crippen molar-refractivity contribution in [3.63, 3.8) is 0 Å². The molecule has 0 bridgehead atoms. The Kier molecular flexibility index (Phi) is 4.90. The van der Waals surface area contributed by atoms with Crippen molar-refractivity contribution in [1.29, 1.82) is 0 Å². The van der Waals surface area contributed by atoms with Gasteiger partial charge in [-0.3, -0.25) is 10.3 Å². The van der Waals surface area contributed by atoms with Gasteiger partial charge in [-0.15, -0.1) is 0 Å². The van der Waals surface area contributed by atoms with Crippen LogP contribution in [0.15, 0.2) is 36.5 Å². The first-order valence-electron chi connectivity index (χ1n) is 6.38. The van der Waals surface area contributed by atoms with Gasteiger partial charge in [0.05, 0.1) is 0 Å². The molecule has 4 nitrogen and oxygen atoms in total. The van der Waals surface area contributed by atoms with E-state index < -0.39 is 0 Å². The van der Waals surface area contributed by atoms with E-state index in [4.69, 9.17) is 5.84 Å². The maximum atomic E-state index is 5.36. The van der Waals surface area contributed by atoms with E-state index in [1.54, 1.807) is 11.3 Å². The minimum Gasteiger partial charge on any atom is -0.300 e. The Labute approximate surface area is 118 Å². The first kappa shape index (κ1) is 14.0. The lowest BCUT2D eigenvalue weighted by Gasteiger charge is -2.25. The number of aromatic nitrogens is 1. The number of hydrogen-bond acceptors (Lipinski definition) is 5. The summed E-state index contributed by atoms with van der Waals surface area (Å²) in [6.45, 7) is 6.27. The molecule has 19 heavy (non-hydrogen) atoms. The highest BCUT2D eigenvalue weighted by molar-refractivity contribution is 7.15. The van der Waals surface area contributed by atoms with E-state index in [0.29, 0.717) is 6.04 Å². The van der Waals surface area contributed by atoms with Crippen molar-refractivity contribution < 1.29 is 0 Å². The SMILES string of the molecule is CC(C)N(Cc1ccccc1)Cc1cnc(NN)s1. The summed E-state index contributed by atoms with van der Waals surface area (Å²) < 4.78 is 0. The van der Waals surface area contributed by atoms with Gasteiger partial charge in [-0.25, -0.2) is 10.8 Å². The van der Waals surface area contributed by atoms with Crippen LogP contribution in [0.4, 0.5) is 5.13 Å². The highest BCUT2D eigenvalue weighted by Crippen LogP contribution is 2.20. The van der Waals surface area contributed by atoms with Gasteiger partial charge in [-0.1, -0.05) is 41.7 Å². The normalized spacial score (nSPS) is 11.2. The van der Waals surface area contributed by atoms with Crippen molar-refractivity contribution in [3.05, 3.63) is 47.0 Å². The van der Waals surface area contributed by atoms with Crippen molar-refractivity contribution in [3.8, 4) is 0 Å². The maximum absolute atomic E-state index is 5.36. The highest BCUT2D eigenvalue weighted by atomic mass is 32.1. The molecule has 0 aliphatic heterocycles. The molecule has 1 aromatic heterocycles. The monoisotopic (exact) mass is 276 g/mol. The number of rotatable bonds is 6. The zero-order valence-corrected chi connectivity index (χ0v) is 12.2. The Balaban J connectivity index is 2.04. The largest absolute Gasteiger partial charge is 0.300 e. The molecular weight excluding hydrogens is 256 g/mol. The van der Waals surface area contributed by atoms with Crippen molar-refractivity contribution >= 4 is 16.5 Å². The van der Waals surface area contributed by atoms with Crippen LogP contribution < -0.4 is 11.3 Å². The second kappa shape index (κ2) is 6.65. The molecule has 0 atom stereocenters. The second-order valence-corrected chi connectivity index (χ2v) is 5.88. The number of nitrogens with two attached hydrogens (primary N) is 1. The molecule has 2 rings (SSSR count). The molecule has 0 aliphatic carbocycles. The van der Waals surface area contributed by atoms with Crippen LogP contribution in [0.25, 0.3) is 0 Å². The number of benzene rings is 1. The Bertz CT molecular complexity index is 495. The average molecular weight is 276 g/mol. The van der Waals surface area contributed by atoms with Crippen LogP contribution in [-0.4, -0.2) is 15.9 Å². The van der Waals surface area contributed by atoms with Gasteiger partial charge in [0.2, 0.25) is 0 Å². The molecule has 5 heteroatoms. The molecule has 1 heterocycles. The molecule has 3 N–H and O–H groups in total. The number of anilines is 1. The topological polar surface area (TPSA) is 54.2 Å². The molecule has 0 fully saturated rings. The van der Waals surface area contributed by atoms with E-state index in [1.165, 1.54) is 10.4 Å². The van der Waals surface area contributed by atoms with Gasteiger partial charge in [-0.2, -0.15) is 0 Å². The molecule has 0 unspecified atom stereocenters. The van der Waals surface area contributed by atoms with Crippen LogP contribution >= 0.6 is 11.3 Å². The number of thiazole rings is 1. The van der Waals surface area contributed by atoms with Gasteiger partial charge in [-0.05, 0) is 19.4 Å². The fraction of sp³-hybridized carbons (Fsp3) is 0.357. The average Bonchev–Trinajstić information content (AvgIpc) is 2.87. The summed E-state index contributed by atoms with van der Waals surface area (Å²) in [5.74, 6) is 5.36. The Morgan fingerprint density at radius 2 is 2.00 bits per heavy atom. The number of hydrazine groups is 1. The van der Waals surface area contributed by atoms with Crippen molar-refractivity contribution in [2.45, 2.75) is 33.0 Å². The van der Waals surface area contributed by atoms with Gasteiger partial charge >= 0.3 is 0 Å². The molecule has 0 saturated heterocycles. The summed E-state index contributed by atoms with van der Waals surface area (Å²) in [5, 5.41) is 0.762. The standard InChI is InChI=1S/C14H20N4S/c1-11(2)18(9-12-6-4-3-5-7-12)10-13-8-16-14(17-15)19-13/h3-8,11H,9-10,15H2,1-2H3,(H,16,17). The number of nitrogens with one attached hydrogen (secondary N) is 1. The first-order valence-corrected chi connectivity index (χ1v) is 7.20. The minimum atomic E-state index is 0.483. The van der Waals surface area contributed by atoms with E-state index in [-0.39, 0.29) is 0 Å². The van der Waals surface area contributed by atoms with Crippen LogP contribution in [-0.2, 0) is 13.1 Å². The molecule has 0 saturated carbocycles. The second-order valence-electron chi connectivity index (χ2n) is 4.76. The lowest BCUT2D eigenvalue weighted by atomic mass is 10.2. The van der Waals surface area contributed by atoms with E-state index in [0.717, 1.165) is 18.2 Å². The molecule has 0 spiro atoms. The van der Waals surface area contributed by atoms with Gasteiger partial charge in [0.1, 0.15) is 0 Å². The van der Waals surface area contributed by atoms with Crippen molar-refractivity contribution in [1.82, 2.24) is 9.88 Å². The molecule has 1 aromatic carbocycles. The van der Waals surface area contributed by atoms with Crippen molar-refractivity contribution in [2.24, 2.45) is 5.84 Å². The van der Waals surface area contributed by atoms with Crippen LogP contribution in [0, 0.1) is 0 Å². The molecular formula is C14H20N4S. The van der Waals surface area contributed by atoms with E-state index >= 15 is 0 Å². The smallest absolute Gasteiger partial charge is 0.197 e. The van der Waals surface area contributed by atoms with Crippen LogP contribution in [0.5, 0.6) is 0 Å². The lowest BCUT2D eigenvalue weighted by molar-refractivity contribution is 0.205. The minimum absolute atomic E-state index is 0.483. The van der Waals surface area contributed by atoms with E-state index in [1.807, 2.05) is 12.3 Å².